The number of ether oxygens (including phenoxy) is 1. The molecule has 0 aliphatic carbocycles. The SMILES string of the molecule is CC(C)Oc1c[c]c(F)cc1Cl. The van der Waals surface area contributed by atoms with Crippen LogP contribution in [0.3, 0.4) is 0 Å². The fourth-order valence-electron chi connectivity index (χ4n) is 0.772. The average Bonchev–Trinajstić information content (AvgIpc) is 1.94. The zero-order chi connectivity index (χ0) is 9.14. The molecule has 0 aliphatic rings. The predicted octanol–water partition coefficient (Wildman–Crippen LogP) is 3.07. The molecule has 65 valence electrons. The van der Waals surface area contributed by atoms with Gasteiger partial charge in [0.05, 0.1) is 11.1 Å². The third-order valence-corrected chi connectivity index (χ3v) is 1.49. The molecule has 1 aromatic rings. The van der Waals surface area contributed by atoms with Crippen molar-refractivity contribution in [1.29, 1.82) is 0 Å². The molecule has 0 bridgehead atoms. The highest BCUT2D eigenvalue weighted by atomic mass is 35.5. The highest BCUT2D eigenvalue weighted by Gasteiger charge is 2.04. The third kappa shape index (κ3) is 2.38. The standard InChI is InChI=1S/C9H9ClFO/c1-6(2)12-9-4-3-7(11)5-8(9)10/h4-6H,1-2H3. The minimum absolute atomic E-state index is 0.0290. The third-order valence-electron chi connectivity index (χ3n) is 1.19. The van der Waals surface area contributed by atoms with Crippen LogP contribution < -0.4 is 4.74 Å². The van der Waals surface area contributed by atoms with Crippen molar-refractivity contribution in [2.75, 3.05) is 0 Å². The molecule has 12 heavy (non-hydrogen) atoms. The number of hydrogen-bond acceptors (Lipinski definition) is 1. The van der Waals surface area contributed by atoms with Crippen LogP contribution in [0.15, 0.2) is 12.1 Å². The minimum atomic E-state index is -0.476. The second-order valence-electron chi connectivity index (χ2n) is 2.66. The molecular weight excluding hydrogens is 179 g/mol. The molecule has 0 aliphatic heterocycles. The van der Waals surface area contributed by atoms with Crippen LogP contribution >= 0.6 is 11.6 Å². The fourth-order valence-corrected chi connectivity index (χ4v) is 0.967. The van der Waals surface area contributed by atoms with E-state index >= 15 is 0 Å². The van der Waals surface area contributed by atoms with Crippen LogP contribution in [0.1, 0.15) is 13.8 Å². The van der Waals surface area contributed by atoms with E-state index in [0.717, 1.165) is 0 Å². The van der Waals surface area contributed by atoms with Crippen LogP contribution in [0.4, 0.5) is 4.39 Å². The highest BCUT2D eigenvalue weighted by molar-refractivity contribution is 6.32. The molecule has 0 unspecified atom stereocenters. The van der Waals surface area contributed by atoms with Crippen molar-refractivity contribution in [2.45, 2.75) is 20.0 Å². The van der Waals surface area contributed by atoms with Gasteiger partial charge >= 0.3 is 0 Å². The lowest BCUT2D eigenvalue weighted by Gasteiger charge is -2.10. The van der Waals surface area contributed by atoms with Gasteiger partial charge in [0.25, 0.3) is 0 Å². The highest BCUT2D eigenvalue weighted by Crippen LogP contribution is 2.25. The van der Waals surface area contributed by atoms with Gasteiger partial charge < -0.3 is 4.74 Å². The zero-order valence-electron chi connectivity index (χ0n) is 6.90. The van der Waals surface area contributed by atoms with E-state index in [4.69, 9.17) is 16.3 Å². The number of hydrogen-bond donors (Lipinski definition) is 0. The van der Waals surface area contributed by atoms with Crippen LogP contribution in [-0.2, 0) is 0 Å². The van der Waals surface area contributed by atoms with Crippen LogP contribution in [0.2, 0.25) is 5.02 Å². The molecule has 1 nitrogen and oxygen atoms in total. The Hall–Kier alpha value is -0.760. The number of rotatable bonds is 2. The quantitative estimate of drug-likeness (QED) is 0.692. The van der Waals surface area contributed by atoms with E-state index in [1.165, 1.54) is 12.1 Å². The van der Waals surface area contributed by atoms with Gasteiger partial charge in [-0.3, -0.25) is 0 Å². The maximum Gasteiger partial charge on any atom is 0.139 e. The van der Waals surface area contributed by atoms with E-state index in [-0.39, 0.29) is 11.1 Å². The zero-order valence-corrected chi connectivity index (χ0v) is 7.65. The summed E-state index contributed by atoms with van der Waals surface area (Å²) in [5, 5.41) is 0.278. The molecule has 0 saturated heterocycles. The van der Waals surface area contributed by atoms with Gasteiger partial charge in [-0.15, -0.1) is 0 Å². The first-order valence-electron chi connectivity index (χ1n) is 3.63. The molecule has 1 rings (SSSR count). The molecule has 1 radical (unpaired) electrons. The molecule has 0 saturated carbocycles. The number of halogens is 2. The average molecular weight is 188 g/mol. The van der Waals surface area contributed by atoms with E-state index < -0.39 is 5.82 Å². The molecule has 0 atom stereocenters. The van der Waals surface area contributed by atoms with Crippen molar-refractivity contribution in [3.63, 3.8) is 0 Å². The lowest BCUT2D eigenvalue weighted by molar-refractivity contribution is 0.242. The van der Waals surface area contributed by atoms with Crippen molar-refractivity contribution >= 4 is 11.6 Å². The van der Waals surface area contributed by atoms with Crippen LogP contribution in [-0.4, -0.2) is 6.10 Å². The van der Waals surface area contributed by atoms with Gasteiger partial charge in [0.15, 0.2) is 0 Å². The second-order valence-corrected chi connectivity index (χ2v) is 3.07. The summed E-state index contributed by atoms with van der Waals surface area (Å²) in [7, 11) is 0. The van der Waals surface area contributed by atoms with Gasteiger partial charge in [-0.2, -0.15) is 0 Å². The van der Waals surface area contributed by atoms with Crippen molar-refractivity contribution in [1.82, 2.24) is 0 Å². The summed E-state index contributed by atoms with van der Waals surface area (Å²) in [4.78, 5) is 0. The monoisotopic (exact) mass is 187 g/mol. The first kappa shape index (κ1) is 9.33. The molecule has 0 N–H and O–H groups in total. The summed E-state index contributed by atoms with van der Waals surface area (Å²) in [5.74, 6) is -0.0100. The Morgan fingerprint density at radius 1 is 1.58 bits per heavy atom. The molecule has 0 spiro atoms. The maximum absolute atomic E-state index is 12.5. The van der Waals surface area contributed by atoms with E-state index in [2.05, 4.69) is 6.07 Å². The summed E-state index contributed by atoms with van der Waals surface area (Å²) in [6.07, 6.45) is 0.0290. The Morgan fingerprint density at radius 2 is 2.25 bits per heavy atom. The Labute approximate surface area is 76.1 Å². The molecule has 1 aromatic carbocycles. The largest absolute Gasteiger partial charge is 0.489 e. The molecule has 3 heteroatoms. The van der Waals surface area contributed by atoms with Crippen LogP contribution in [0.5, 0.6) is 5.75 Å². The van der Waals surface area contributed by atoms with E-state index in [1.54, 1.807) is 0 Å². The van der Waals surface area contributed by atoms with Crippen molar-refractivity contribution < 1.29 is 9.13 Å². The summed E-state index contributed by atoms with van der Waals surface area (Å²) in [5.41, 5.74) is 0. The first-order valence-corrected chi connectivity index (χ1v) is 4.01. The number of benzene rings is 1. The second kappa shape index (κ2) is 3.76. The summed E-state index contributed by atoms with van der Waals surface area (Å²) in [6.45, 7) is 3.75. The Bertz CT molecular complexity index is 273. The van der Waals surface area contributed by atoms with Gasteiger partial charge in [-0.1, -0.05) is 11.6 Å². The maximum atomic E-state index is 12.5. The Kier molecular flexibility index (Phi) is 2.93. The fraction of sp³-hybridized carbons (Fsp3) is 0.333. The molecular formula is C9H9ClFO. The molecule has 0 fully saturated rings. The lowest BCUT2D eigenvalue weighted by Crippen LogP contribution is -2.05. The normalized spacial score (nSPS) is 10.4. The van der Waals surface area contributed by atoms with Crippen molar-refractivity contribution in [2.24, 2.45) is 0 Å². The lowest BCUT2D eigenvalue weighted by atomic mass is 10.3. The summed E-state index contributed by atoms with van der Waals surface area (Å²) < 4.78 is 17.8. The van der Waals surface area contributed by atoms with Crippen LogP contribution in [0.25, 0.3) is 0 Å². The van der Waals surface area contributed by atoms with E-state index in [0.29, 0.717) is 5.75 Å². The Morgan fingerprint density at radius 3 is 2.75 bits per heavy atom. The minimum Gasteiger partial charge on any atom is -0.489 e. The predicted molar refractivity (Wildman–Crippen MR) is 46.0 cm³/mol. The van der Waals surface area contributed by atoms with Gasteiger partial charge in [0, 0.05) is 6.07 Å². The van der Waals surface area contributed by atoms with Gasteiger partial charge in [-0.05, 0) is 26.0 Å². The molecule has 0 aromatic heterocycles. The first-order chi connectivity index (χ1) is 5.59. The topological polar surface area (TPSA) is 9.23 Å². The van der Waals surface area contributed by atoms with E-state index in [1.807, 2.05) is 13.8 Å². The van der Waals surface area contributed by atoms with E-state index in [9.17, 15) is 4.39 Å². The summed E-state index contributed by atoms with van der Waals surface area (Å²) >= 11 is 5.69. The summed E-state index contributed by atoms with van der Waals surface area (Å²) in [6, 6.07) is 4.95. The Balaban J connectivity index is 2.86. The van der Waals surface area contributed by atoms with Gasteiger partial charge in [-0.25, -0.2) is 4.39 Å². The van der Waals surface area contributed by atoms with Crippen molar-refractivity contribution in [3.8, 4) is 5.75 Å². The van der Waals surface area contributed by atoms with Crippen molar-refractivity contribution in [3.05, 3.63) is 29.0 Å². The smallest absolute Gasteiger partial charge is 0.139 e. The van der Waals surface area contributed by atoms with Gasteiger partial charge in [0.1, 0.15) is 11.6 Å². The van der Waals surface area contributed by atoms with Crippen LogP contribution in [0, 0.1) is 11.9 Å². The molecule has 0 heterocycles. The van der Waals surface area contributed by atoms with Gasteiger partial charge in [0.2, 0.25) is 0 Å². The molecule has 0 amide bonds.